The van der Waals surface area contributed by atoms with E-state index < -0.39 is 6.10 Å². The van der Waals surface area contributed by atoms with Crippen LogP contribution in [-0.4, -0.2) is 11.7 Å². The van der Waals surface area contributed by atoms with Crippen molar-refractivity contribution in [3.05, 3.63) is 64.4 Å². The van der Waals surface area contributed by atoms with Crippen molar-refractivity contribution in [1.82, 2.24) is 0 Å². The molecule has 0 spiro atoms. The molecule has 0 saturated carbocycles. The predicted molar refractivity (Wildman–Crippen MR) is 85.4 cm³/mol. The van der Waals surface area contributed by atoms with Crippen LogP contribution in [-0.2, 0) is 0 Å². The molecule has 112 valence electrons. The Morgan fingerprint density at radius 2 is 1.71 bits per heavy atom. The van der Waals surface area contributed by atoms with E-state index >= 15 is 0 Å². The molecule has 0 fully saturated rings. The Bertz CT molecular complexity index is 598. The van der Waals surface area contributed by atoms with E-state index in [0.29, 0.717) is 16.6 Å². The van der Waals surface area contributed by atoms with Gasteiger partial charge in [-0.3, -0.25) is 0 Å². The van der Waals surface area contributed by atoms with Gasteiger partial charge in [-0.2, -0.15) is 0 Å². The molecule has 2 aromatic carbocycles. The lowest BCUT2D eigenvalue weighted by Gasteiger charge is -2.15. The summed E-state index contributed by atoms with van der Waals surface area (Å²) in [6.07, 6.45) is -0.704. The predicted octanol–water partition coefficient (Wildman–Crippen LogP) is 4.75. The molecule has 0 amide bonds. The average Bonchev–Trinajstić information content (AvgIpc) is 2.48. The van der Waals surface area contributed by atoms with Crippen molar-refractivity contribution in [3.63, 3.8) is 0 Å². The summed E-state index contributed by atoms with van der Waals surface area (Å²) in [5.41, 5.74) is 2.31. The second-order valence-electron chi connectivity index (χ2n) is 5.34. The van der Waals surface area contributed by atoms with Gasteiger partial charge in [0.15, 0.2) is 0 Å². The lowest BCUT2D eigenvalue weighted by atomic mass is 10.00. The van der Waals surface area contributed by atoms with Crippen molar-refractivity contribution in [2.75, 3.05) is 11.9 Å². The summed E-state index contributed by atoms with van der Waals surface area (Å²) >= 11 is 5.83. The lowest BCUT2D eigenvalue weighted by Crippen LogP contribution is -2.13. The first-order valence-corrected chi connectivity index (χ1v) is 7.32. The number of nitrogens with one attached hydrogen (secondary N) is 1. The molecule has 0 aromatic heterocycles. The second-order valence-corrected chi connectivity index (χ2v) is 5.78. The first-order valence-electron chi connectivity index (χ1n) is 6.94. The normalized spacial score (nSPS) is 12.5. The SMILES string of the molecule is CC(C)c1ccc(C(O)CNc2cc(Cl)ccc2F)cc1. The molecule has 0 saturated heterocycles. The van der Waals surface area contributed by atoms with E-state index in [1.807, 2.05) is 24.3 Å². The van der Waals surface area contributed by atoms with Gasteiger partial charge in [0.25, 0.3) is 0 Å². The van der Waals surface area contributed by atoms with E-state index in [2.05, 4.69) is 19.2 Å². The zero-order valence-electron chi connectivity index (χ0n) is 12.1. The molecule has 2 aromatic rings. The number of benzene rings is 2. The van der Waals surface area contributed by atoms with Crippen LogP contribution in [0.2, 0.25) is 5.02 Å². The first kappa shape index (κ1) is 15.8. The number of anilines is 1. The van der Waals surface area contributed by atoms with Gasteiger partial charge in [0, 0.05) is 11.6 Å². The fourth-order valence-corrected chi connectivity index (χ4v) is 2.23. The van der Waals surface area contributed by atoms with Crippen LogP contribution in [0, 0.1) is 5.82 Å². The number of hydrogen-bond acceptors (Lipinski definition) is 2. The fourth-order valence-electron chi connectivity index (χ4n) is 2.06. The Hall–Kier alpha value is -1.58. The van der Waals surface area contributed by atoms with Crippen LogP contribution in [0.15, 0.2) is 42.5 Å². The molecule has 1 atom stereocenters. The zero-order chi connectivity index (χ0) is 15.4. The van der Waals surface area contributed by atoms with Crippen LogP contribution in [0.3, 0.4) is 0 Å². The minimum absolute atomic E-state index is 0.221. The monoisotopic (exact) mass is 307 g/mol. The van der Waals surface area contributed by atoms with Gasteiger partial charge in [-0.1, -0.05) is 49.7 Å². The van der Waals surface area contributed by atoms with Crippen LogP contribution in [0.1, 0.15) is 37.0 Å². The molecule has 21 heavy (non-hydrogen) atoms. The van der Waals surface area contributed by atoms with E-state index in [9.17, 15) is 9.50 Å². The Morgan fingerprint density at radius 1 is 1.10 bits per heavy atom. The molecule has 0 bridgehead atoms. The summed E-state index contributed by atoms with van der Waals surface area (Å²) in [5.74, 6) is 0.0663. The summed E-state index contributed by atoms with van der Waals surface area (Å²) in [6.45, 7) is 4.46. The van der Waals surface area contributed by atoms with Crippen LogP contribution in [0.5, 0.6) is 0 Å². The Kier molecular flexibility index (Phi) is 5.21. The molecule has 2 rings (SSSR count). The van der Waals surface area contributed by atoms with Crippen molar-refractivity contribution in [2.24, 2.45) is 0 Å². The summed E-state index contributed by atoms with van der Waals surface area (Å²) in [5, 5.41) is 13.5. The molecule has 0 heterocycles. The Morgan fingerprint density at radius 3 is 2.33 bits per heavy atom. The molecule has 0 aliphatic carbocycles. The Balaban J connectivity index is 2.01. The molecule has 0 aliphatic rings. The third kappa shape index (κ3) is 4.19. The quantitative estimate of drug-likeness (QED) is 0.835. The van der Waals surface area contributed by atoms with E-state index in [4.69, 9.17) is 11.6 Å². The van der Waals surface area contributed by atoms with Gasteiger partial charge in [-0.15, -0.1) is 0 Å². The molecule has 2 nitrogen and oxygen atoms in total. The van der Waals surface area contributed by atoms with Gasteiger partial charge >= 0.3 is 0 Å². The van der Waals surface area contributed by atoms with E-state index in [1.165, 1.54) is 23.8 Å². The van der Waals surface area contributed by atoms with E-state index in [0.717, 1.165) is 5.56 Å². The number of halogens is 2. The van der Waals surface area contributed by atoms with Gasteiger partial charge in [-0.05, 0) is 35.2 Å². The lowest BCUT2D eigenvalue weighted by molar-refractivity contribution is 0.191. The number of rotatable bonds is 5. The van der Waals surface area contributed by atoms with Gasteiger partial charge in [0.1, 0.15) is 5.82 Å². The highest BCUT2D eigenvalue weighted by Gasteiger charge is 2.10. The third-order valence-corrected chi connectivity index (χ3v) is 3.64. The summed E-state index contributed by atoms with van der Waals surface area (Å²) < 4.78 is 13.6. The molecule has 0 radical (unpaired) electrons. The van der Waals surface area contributed by atoms with Crippen molar-refractivity contribution >= 4 is 17.3 Å². The summed E-state index contributed by atoms with van der Waals surface area (Å²) in [4.78, 5) is 0. The highest BCUT2D eigenvalue weighted by atomic mass is 35.5. The molecule has 4 heteroatoms. The first-order chi connectivity index (χ1) is 9.97. The van der Waals surface area contributed by atoms with Gasteiger partial charge in [0.2, 0.25) is 0 Å². The number of hydrogen-bond donors (Lipinski definition) is 2. The topological polar surface area (TPSA) is 32.3 Å². The summed E-state index contributed by atoms with van der Waals surface area (Å²) in [7, 11) is 0. The van der Waals surface area contributed by atoms with Crippen LogP contribution in [0.25, 0.3) is 0 Å². The van der Waals surface area contributed by atoms with Crippen LogP contribution >= 0.6 is 11.6 Å². The minimum Gasteiger partial charge on any atom is -0.387 e. The Labute approximate surface area is 129 Å². The van der Waals surface area contributed by atoms with Gasteiger partial charge < -0.3 is 10.4 Å². The maximum Gasteiger partial charge on any atom is 0.146 e. The van der Waals surface area contributed by atoms with Crippen LogP contribution < -0.4 is 5.32 Å². The van der Waals surface area contributed by atoms with E-state index in [-0.39, 0.29) is 12.4 Å². The minimum atomic E-state index is -0.704. The van der Waals surface area contributed by atoms with Crippen molar-refractivity contribution in [2.45, 2.75) is 25.9 Å². The smallest absolute Gasteiger partial charge is 0.146 e. The van der Waals surface area contributed by atoms with Crippen LogP contribution in [0.4, 0.5) is 10.1 Å². The number of aliphatic hydroxyl groups is 1. The fraction of sp³-hybridized carbons (Fsp3) is 0.294. The highest BCUT2D eigenvalue weighted by Crippen LogP contribution is 2.22. The van der Waals surface area contributed by atoms with Crippen molar-refractivity contribution in [3.8, 4) is 0 Å². The zero-order valence-corrected chi connectivity index (χ0v) is 12.9. The maximum atomic E-state index is 13.6. The maximum absolute atomic E-state index is 13.6. The average molecular weight is 308 g/mol. The van der Waals surface area contributed by atoms with Gasteiger partial charge in [-0.25, -0.2) is 4.39 Å². The molecule has 0 aliphatic heterocycles. The number of aliphatic hydroxyl groups excluding tert-OH is 1. The third-order valence-electron chi connectivity index (χ3n) is 3.40. The molecule has 2 N–H and O–H groups in total. The molecule has 1 unspecified atom stereocenters. The largest absolute Gasteiger partial charge is 0.387 e. The molecular formula is C17H19ClFNO. The van der Waals surface area contributed by atoms with Crippen molar-refractivity contribution in [1.29, 1.82) is 0 Å². The molecular weight excluding hydrogens is 289 g/mol. The highest BCUT2D eigenvalue weighted by molar-refractivity contribution is 6.30. The second kappa shape index (κ2) is 6.92. The standard InChI is InChI=1S/C17H19ClFNO/c1-11(2)12-3-5-13(6-4-12)17(21)10-20-16-9-14(18)7-8-15(16)19/h3-9,11,17,20-21H,10H2,1-2H3. The van der Waals surface area contributed by atoms with Gasteiger partial charge in [0.05, 0.1) is 11.8 Å². The van der Waals surface area contributed by atoms with Crippen molar-refractivity contribution < 1.29 is 9.50 Å². The van der Waals surface area contributed by atoms with E-state index in [1.54, 1.807) is 0 Å². The summed E-state index contributed by atoms with van der Waals surface area (Å²) in [6, 6.07) is 12.1.